The van der Waals surface area contributed by atoms with E-state index in [1.165, 1.54) is 12.1 Å². The van der Waals surface area contributed by atoms with E-state index in [9.17, 15) is 9.18 Å². The molecule has 7 nitrogen and oxygen atoms in total. The molecule has 0 atom stereocenters. The van der Waals surface area contributed by atoms with Gasteiger partial charge in [0.1, 0.15) is 5.82 Å². The van der Waals surface area contributed by atoms with Crippen LogP contribution in [0.4, 0.5) is 9.52 Å². The van der Waals surface area contributed by atoms with Crippen LogP contribution in [0.1, 0.15) is 37.0 Å². The third-order valence-electron chi connectivity index (χ3n) is 4.25. The lowest BCUT2D eigenvalue weighted by Gasteiger charge is -2.11. The molecule has 30 heavy (non-hydrogen) atoms. The molecule has 152 valence electrons. The molecular weight excluding hydrogens is 405 g/mol. The molecule has 0 radical (unpaired) electrons. The first kappa shape index (κ1) is 19.8. The molecule has 1 N–H and O–H groups in total. The minimum atomic E-state index is -0.372. The maximum Gasteiger partial charge on any atom is 0.258 e. The van der Waals surface area contributed by atoms with Gasteiger partial charge in [0, 0.05) is 22.5 Å². The third-order valence-corrected chi connectivity index (χ3v) is 4.88. The normalized spacial score (nSPS) is 11.5. The van der Waals surface area contributed by atoms with Gasteiger partial charge in [0.25, 0.3) is 11.8 Å². The standard InChI is InChI=1S/C21H18FN5O2S/c1-21(2,3)19-25-18(29-26-19)15-7-5-4-6-14(15)17(28)24-20-23-16(27-30-20)12-8-10-13(22)11-9-12/h4-11H,1-3H3,(H,23,24,27,28). The Balaban J connectivity index is 1.58. The molecule has 0 aliphatic rings. The molecular formula is C21H18FN5O2S. The van der Waals surface area contributed by atoms with Crippen molar-refractivity contribution in [3.05, 3.63) is 65.7 Å². The first-order valence-corrected chi connectivity index (χ1v) is 9.93. The molecule has 9 heteroatoms. The summed E-state index contributed by atoms with van der Waals surface area (Å²) in [6, 6.07) is 12.8. The van der Waals surface area contributed by atoms with Crippen molar-refractivity contribution in [2.75, 3.05) is 5.32 Å². The fourth-order valence-electron chi connectivity index (χ4n) is 2.66. The number of nitrogens with one attached hydrogen (secondary N) is 1. The van der Waals surface area contributed by atoms with E-state index in [1.807, 2.05) is 20.8 Å². The van der Waals surface area contributed by atoms with E-state index in [-0.39, 0.29) is 23.0 Å². The van der Waals surface area contributed by atoms with Gasteiger partial charge in [0.05, 0.1) is 11.1 Å². The van der Waals surface area contributed by atoms with Gasteiger partial charge in [-0.15, -0.1) is 0 Å². The van der Waals surface area contributed by atoms with Gasteiger partial charge in [-0.25, -0.2) is 4.39 Å². The van der Waals surface area contributed by atoms with Gasteiger partial charge in [-0.2, -0.15) is 14.3 Å². The Morgan fingerprint density at radius 2 is 1.80 bits per heavy atom. The zero-order valence-electron chi connectivity index (χ0n) is 16.5. The van der Waals surface area contributed by atoms with Crippen molar-refractivity contribution in [3.63, 3.8) is 0 Å². The van der Waals surface area contributed by atoms with Crippen molar-refractivity contribution >= 4 is 22.6 Å². The van der Waals surface area contributed by atoms with Crippen LogP contribution in [0.25, 0.3) is 22.8 Å². The summed E-state index contributed by atoms with van der Waals surface area (Å²) in [6.07, 6.45) is 0. The van der Waals surface area contributed by atoms with Crippen LogP contribution in [0.15, 0.2) is 53.1 Å². The predicted molar refractivity (Wildman–Crippen MR) is 112 cm³/mol. The van der Waals surface area contributed by atoms with Crippen LogP contribution >= 0.6 is 11.5 Å². The average Bonchev–Trinajstić information content (AvgIpc) is 3.38. The Kier molecular flexibility index (Phi) is 5.13. The summed E-state index contributed by atoms with van der Waals surface area (Å²) >= 11 is 1.04. The second-order valence-electron chi connectivity index (χ2n) is 7.60. The first-order chi connectivity index (χ1) is 14.3. The number of rotatable bonds is 4. The van der Waals surface area contributed by atoms with Gasteiger partial charge in [-0.05, 0) is 36.4 Å². The number of nitrogens with zero attached hydrogens (tertiary/aromatic N) is 4. The molecule has 0 saturated heterocycles. The summed E-state index contributed by atoms with van der Waals surface area (Å²) in [5.74, 6) is 0.531. The molecule has 0 bridgehead atoms. The maximum atomic E-state index is 13.1. The Hall–Kier alpha value is -3.46. The zero-order valence-corrected chi connectivity index (χ0v) is 17.3. The van der Waals surface area contributed by atoms with E-state index in [2.05, 4.69) is 24.8 Å². The predicted octanol–water partition coefficient (Wildman–Crippen LogP) is 4.94. The van der Waals surface area contributed by atoms with Crippen LogP contribution in [0.3, 0.4) is 0 Å². The molecule has 0 saturated carbocycles. The molecule has 2 heterocycles. The van der Waals surface area contributed by atoms with Gasteiger partial charge >= 0.3 is 0 Å². The van der Waals surface area contributed by atoms with E-state index in [0.717, 1.165) is 11.5 Å². The lowest BCUT2D eigenvalue weighted by Crippen LogP contribution is -2.14. The van der Waals surface area contributed by atoms with E-state index in [1.54, 1.807) is 36.4 Å². The quantitative estimate of drug-likeness (QED) is 0.499. The molecule has 0 spiro atoms. The number of carbonyl (C=O) groups excluding carboxylic acids is 1. The smallest absolute Gasteiger partial charge is 0.258 e. The van der Waals surface area contributed by atoms with E-state index < -0.39 is 0 Å². The second-order valence-corrected chi connectivity index (χ2v) is 8.35. The highest BCUT2D eigenvalue weighted by Gasteiger charge is 2.24. The van der Waals surface area contributed by atoms with Gasteiger partial charge in [0.15, 0.2) is 11.6 Å². The number of hydrogen-bond donors (Lipinski definition) is 1. The first-order valence-electron chi connectivity index (χ1n) is 9.16. The van der Waals surface area contributed by atoms with Crippen molar-refractivity contribution in [2.45, 2.75) is 26.2 Å². The monoisotopic (exact) mass is 423 g/mol. The number of carbonyl (C=O) groups is 1. The largest absolute Gasteiger partial charge is 0.334 e. The molecule has 1 amide bonds. The summed E-state index contributed by atoms with van der Waals surface area (Å²) in [5, 5.41) is 7.10. The van der Waals surface area contributed by atoms with Crippen LogP contribution in [0.2, 0.25) is 0 Å². The summed E-state index contributed by atoms with van der Waals surface area (Å²) in [7, 11) is 0. The van der Waals surface area contributed by atoms with Crippen LogP contribution in [-0.2, 0) is 5.41 Å². The number of amides is 1. The SMILES string of the molecule is CC(C)(C)c1noc(-c2ccccc2C(=O)Nc2nc(-c3ccc(F)cc3)ns2)n1. The Morgan fingerprint density at radius 1 is 1.07 bits per heavy atom. The highest BCUT2D eigenvalue weighted by atomic mass is 32.1. The molecule has 0 aliphatic carbocycles. The minimum absolute atomic E-state index is 0.273. The van der Waals surface area contributed by atoms with E-state index in [4.69, 9.17) is 4.52 Å². The highest BCUT2D eigenvalue weighted by Crippen LogP contribution is 2.27. The Labute approximate surface area is 176 Å². The Morgan fingerprint density at radius 3 is 2.50 bits per heavy atom. The van der Waals surface area contributed by atoms with Crippen molar-refractivity contribution in [1.82, 2.24) is 19.5 Å². The minimum Gasteiger partial charge on any atom is -0.334 e. The fourth-order valence-corrected chi connectivity index (χ4v) is 3.24. The van der Waals surface area contributed by atoms with Crippen molar-refractivity contribution in [1.29, 1.82) is 0 Å². The molecule has 2 aromatic heterocycles. The molecule has 4 rings (SSSR count). The topological polar surface area (TPSA) is 93.8 Å². The number of halogens is 1. The third kappa shape index (κ3) is 4.11. The van der Waals surface area contributed by atoms with Crippen LogP contribution < -0.4 is 5.32 Å². The lowest BCUT2D eigenvalue weighted by molar-refractivity contribution is 0.102. The van der Waals surface area contributed by atoms with Crippen molar-refractivity contribution in [2.24, 2.45) is 0 Å². The maximum absolute atomic E-state index is 13.1. The van der Waals surface area contributed by atoms with Crippen LogP contribution in [0, 0.1) is 5.82 Å². The number of aromatic nitrogens is 4. The number of benzene rings is 2. The van der Waals surface area contributed by atoms with E-state index >= 15 is 0 Å². The van der Waals surface area contributed by atoms with Gasteiger partial charge in [-0.3, -0.25) is 10.1 Å². The molecule has 0 unspecified atom stereocenters. The van der Waals surface area contributed by atoms with Crippen molar-refractivity contribution < 1.29 is 13.7 Å². The summed E-state index contributed by atoms with van der Waals surface area (Å²) in [5.41, 5.74) is 1.29. The lowest BCUT2D eigenvalue weighted by atomic mass is 9.96. The van der Waals surface area contributed by atoms with Crippen LogP contribution in [-0.4, -0.2) is 25.4 Å². The van der Waals surface area contributed by atoms with Gasteiger partial charge in [0.2, 0.25) is 5.13 Å². The summed E-state index contributed by atoms with van der Waals surface area (Å²) in [6.45, 7) is 5.94. The summed E-state index contributed by atoms with van der Waals surface area (Å²) in [4.78, 5) is 21.6. The zero-order chi connectivity index (χ0) is 21.3. The van der Waals surface area contributed by atoms with Crippen LogP contribution in [0.5, 0.6) is 0 Å². The fraction of sp³-hybridized carbons (Fsp3) is 0.190. The number of anilines is 1. The Bertz CT molecular complexity index is 1190. The van der Waals surface area contributed by atoms with Gasteiger partial charge < -0.3 is 4.52 Å². The van der Waals surface area contributed by atoms with E-state index in [0.29, 0.717) is 33.5 Å². The van der Waals surface area contributed by atoms with Gasteiger partial charge in [-0.1, -0.05) is 38.1 Å². The molecule has 0 fully saturated rings. The molecule has 0 aliphatic heterocycles. The summed E-state index contributed by atoms with van der Waals surface area (Å²) < 4.78 is 22.7. The van der Waals surface area contributed by atoms with Crippen molar-refractivity contribution in [3.8, 4) is 22.8 Å². The second kappa shape index (κ2) is 7.75. The number of hydrogen-bond acceptors (Lipinski definition) is 7. The average molecular weight is 423 g/mol. The molecule has 4 aromatic rings. The highest BCUT2D eigenvalue weighted by molar-refractivity contribution is 7.10. The molecule has 2 aromatic carbocycles.